The first kappa shape index (κ1) is 10.4. The summed E-state index contributed by atoms with van der Waals surface area (Å²) in [5.41, 5.74) is 1.46. The topological polar surface area (TPSA) is 12.9 Å². The van der Waals surface area contributed by atoms with Gasteiger partial charge in [0.05, 0.1) is 10.7 Å². The van der Waals surface area contributed by atoms with Gasteiger partial charge in [0.2, 0.25) is 0 Å². The minimum Gasteiger partial charge on any atom is -0.245 e. The van der Waals surface area contributed by atoms with E-state index in [0.29, 0.717) is 11.8 Å². The third-order valence-electron chi connectivity index (χ3n) is 2.66. The Balaban J connectivity index is 2.12. The fourth-order valence-electron chi connectivity index (χ4n) is 1.58. The summed E-state index contributed by atoms with van der Waals surface area (Å²) >= 11 is 7.60. The molecule has 0 N–H and O–H groups in total. The maximum atomic E-state index is 5.82. The summed E-state index contributed by atoms with van der Waals surface area (Å²) in [7, 11) is 0. The van der Waals surface area contributed by atoms with Crippen LogP contribution in [0.4, 0.5) is 0 Å². The van der Waals surface area contributed by atoms with E-state index in [-0.39, 0.29) is 5.41 Å². The third-order valence-corrected chi connectivity index (χ3v) is 4.35. The van der Waals surface area contributed by atoms with Crippen molar-refractivity contribution in [2.45, 2.75) is 38.5 Å². The van der Waals surface area contributed by atoms with Crippen molar-refractivity contribution in [3.8, 4) is 0 Å². The lowest BCUT2D eigenvalue weighted by Crippen LogP contribution is -2.10. The zero-order valence-electron chi connectivity index (χ0n) is 8.88. The molecule has 2 unspecified atom stereocenters. The standard InChI is InChI=1S/C11H16ClNS/c1-11(2,3)10-13-9(6-14-10)8-4-7(8)5-12/h6-8H,4-5H2,1-3H3. The van der Waals surface area contributed by atoms with E-state index in [4.69, 9.17) is 16.6 Å². The Morgan fingerprint density at radius 1 is 1.57 bits per heavy atom. The van der Waals surface area contributed by atoms with E-state index in [2.05, 4.69) is 26.2 Å². The van der Waals surface area contributed by atoms with Crippen LogP contribution in [0.1, 0.15) is 43.8 Å². The van der Waals surface area contributed by atoms with Gasteiger partial charge in [0.25, 0.3) is 0 Å². The molecule has 1 aromatic rings. The first-order valence-electron chi connectivity index (χ1n) is 5.04. The predicted molar refractivity (Wildman–Crippen MR) is 62.4 cm³/mol. The lowest BCUT2D eigenvalue weighted by molar-refractivity contribution is 0.582. The van der Waals surface area contributed by atoms with Crippen molar-refractivity contribution in [2.75, 3.05) is 5.88 Å². The van der Waals surface area contributed by atoms with Crippen LogP contribution in [0.25, 0.3) is 0 Å². The SMILES string of the molecule is CC(C)(C)c1nc(C2CC2CCl)cs1. The molecule has 78 valence electrons. The van der Waals surface area contributed by atoms with Crippen LogP contribution in [0.3, 0.4) is 0 Å². The quantitative estimate of drug-likeness (QED) is 0.704. The zero-order valence-corrected chi connectivity index (χ0v) is 10.5. The number of alkyl halides is 1. The van der Waals surface area contributed by atoms with Gasteiger partial charge in [0, 0.05) is 22.6 Å². The molecule has 0 aliphatic heterocycles. The molecule has 2 rings (SSSR count). The third kappa shape index (κ3) is 1.96. The Bertz CT molecular complexity index is 326. The van der Waals surface area contributed by atoms with Crippen LogP contribution in [-0.4, -0.2) is 10.9 Å². The lowest BCUT2D eigenvalue weighted by atomic mass is 9.98. The Labute approximate surface area is 94.5 Å². The average Bonchev–Trinajstić information content (AvgIpc) is 2.71. The maximum absolute atomic E-state index is 5.82. The van der Waals surface area contributed by atoms with Crippen molar-refractivity contribution in [1.29, 1.82) is 0 Å². The van der Waals surface area contributed by atoms with Crippen LogP contribution >= 0.6 is 22.9 Å². The smallest absolute Gasteiger partial charge is 0.0981 e. The molecule has 0 amide bonds. The Kier molecular flexibility index (Phi) is 2.61. The molecule has 0 bridgehead atoms. The number of halogens is 1. The van der Waals surface area contributed by atoms with Crippen molar-refractivity contribution < 1.29 is 0 Å². The van der Waals surface area contributed by atoms with Gasteiger partial charge in [-0.25, -0.2) is 4.98 Å². The number of thiazole rings is 1. The molecule has 1 fully saturated rings. The van der Waals surface area contributed by atoms with Gasteiger partial charge < -0.3 is 0 Å². The van der Waals surface area contributed by atoms with Crippen LogP contribution < -0.4 is 0 Å². The van der Waals surface area contributed by atoms with Crippen molar-refractivity contribution in [3.05, 3.63) is 16.1 Å². The van der Waals surface area contributed by atoms with Gasteiger partial charge in [0.15, 0.2) is 0 Å². The monoisotopic (exact) mass is 229 g/mol. The first-order chi connectivity index (χ1) is 6.52. The van der Waals surface area contributed by atoms with Crippen molar-refractivity contribution >= 4 is 22.9 Å². The van der Waals surface area contributed by atoms with E-state index < -0.39 is 0 Å². The van der Waals surface area contributed by atoms with Gasteiger partial charge >= 0.3 is 0 Å². The second-order valence-corrected chi connectivity index (χ2v) is 6.25. The van der Waals surface area contributed by atoms with Crippen LogP contribution in [0, 0.1) is 5.92 Å². The molecule has 3 heteroatoms. The highest BCUT2D eigenvalue weighted by atomic mass is 35.5. The molecule has 0 aromatic carbocycles. The Morgan fingerprint density at radius 3 is 2.71 bits per heavy atom. The van der Waals surface area contributed by atoms with Gasteiger partial charge in [-0.2, -0.15) is 0 Å². The van der Waals surface area contributed by atoms with Crippen LogP contribution in [-0.2, 0) is 5.41 Å². The molecule has 0 saturated heterocycles. The summed E-state index contributed by atoms with van der Waals surface area (Å²) in [4.78, 5) is 4.70. The first-order valence-corrected chi connectivity index (χ1v) is 6.45. The summed E-state index contributed by atoms with van der Waals surface area (Å²) in [5.74, 6) is 2.12. The highest BCUT2D eigenvalue weighted by Gasteiger charge is 2.39. The summed E-state index contributed by atoms with van der Waals surface area (Å²) < 4.78 is 0. The minimum atomic E-state index is 0.189. The molecule has 1 nitrogen and oxygen atoms in total. The molecule has 0 radical (unpaired) electrons. The number of nitrogens with zero attached hydrogens (tertiary/aromatic N) is 1. The number of hydrogen-bond acceptors (Lipinski definition) is 2. The average molecular weight is 230 g/mol. The second kappa shape index (κ2) is 3.49. The van der Waals surface area contributed by atoms with Gasteiger partial charge in [0.1, 0.15) is 0 Å². The molecular formula is C11H16ClNS. The minimum absolute atomic E-state index is 0.189. The molecule has 1 aliphatic carbocycles. The molecule has 1 saturated carbocycles. The molecule has 0 spiro atoms. The predicted octanol–water partition coefficient (Wildman–Crippen LogP) is 3.78. The normalized spacial score (nSPS) is 26.6. The van der Waals surface area contributed by atoms with E-state index in [9.17, 15) is 0 Å². The van der Waals surface area contributed by atoms with Crippen molar-refractivity contribution in [1.82, 2.24) is 4.98 Å². The fourth-order valence-corrected chi connectivity index (χ4v) is 2.89. The zero-order chi connectivity index (χ0) is 10.3. The van der Waals surface area contributed by atoms with Crippen LogP contribution in [0.15, 0.2) is 5.38 Å². The van der Waals surface area contributed by atoms with Crippen molar-refractivity contribution in [2.24, 2.45) is 5.92 Å². The molecular weight excluding hydrogens is 214 g/mol. The highest BCUT2D eigenvalue weighted by Crippen LogP contribution is 2.48. The Morgan fingerprint density at radius 2 is 2.29 bits per heavy atom. The Hall–Kier alpha value is -0.0800. The lowest BCUT2D eigenvalue weighted by Gasteiger charge is -2.13. The molecule has 2 atom stereocenters. The number of hydrogen-bond donors (Lipinski definition) is 0. The second-order valence-electron chi connectivity index (χ2n) is 5.08. The largest absolute Gasteiger partial charge is 0.245 e. The van der Waals surface area contributed by atoms with Crippen LogP contribution in [0.2, 0.25) is 0 Å². The van der Waals surface area contributed by atoms with Gasteiger partial charge in [-0.15, -0.1) is 22.9 Å². The van der Waals surface area contributed by atoms with Gasteiger partial charge in [-0.05, 0) is 12.3 Å². The van der Waals surface area contributed by atoms with Crippen LogP contribution in [0.5, 0.6) is 0 Å². The van der Waals surface area contributed by atoms with E-state index in [0.717, 1.165) is 5.88 Å². The number of aromatic nitrogens is 1. The number of rotatable bonds is 2. The molecule has 1 heterocycles. The van der Waals surface area contributed by atoms with E-state index in [1.165, 1.54) is 17.1 Å². The molecule has 1 aromatic heterocycles. The highest BCUT2D eigenvalue weighted by molar-refractivity contribution is 7.09. The summed E-state index contributed by atoms with van der Waals surface area (Å²) in [6, 6.07) is 0. The van der Waals surface area contributed by atoms with Gasteiger partial charge in [-0.3, -0.25) is 0 Å². The fraction of sp³-hybridized carbons (Fsp3) is 0.727. The maximum Gasteiger partial charge on any atom is 0.0981 e. The van der Waals surface area contributed by atoms with Gasteiger partial charge in [-0.1, -0.05) is 20.8 Å². The van der Waals surface area contributed by atoms with E-state index in [1.807, 2.05) is 0 Å². The van der Waals surface area contributed by atoms with Crippen molar-refractivity contribution in [3.63, 3.8) is 0 Å². The van der Waals surface area contributed by atoms with E-state index >= 15 is 0 Å². The molecule has 14 heavy (non-hydrogen) atoms. The summed E-state index contributed by atoms with van der Waals surface area (Å²) in [5, 5.41) is 3.45. The van der Waals surface area contributed by atoms with E-state index in [1.54, 1.807) is 11.3 Å². The molecule has 1 aliphatic rings. The summed E-state index contributed by atoms with van der Waals surface area (Å²) in [6.45, 7) is 6.63. The summed E-state index contributed by atoms with van der Waals surface area (Å²) in [6.07, 6.45) is 1.23.